The fraction of sp³-hybridized carbons (Fsp3) is 0.455. The summed E-state index contributed by atoms with van der Waals surface area (Å²) in [6.07, 6.45) is 1.72. The lowest BCUT2D eigenvalue weighted by molar-refractivity contribution is -0.115. The third-order valence-electron chi connectivity index (χ3n) is 2.35. The number of amides is 1. The second kappa shape index (κ2) is 5.46. The van der Waals surface area contributed by atoms with E-state index in [0.29, 0.717) is 6.54 Å². The van der Waals surface area contributed by atoms with Gasteiger partial charge in [-0.3, -0.25) is 9.48 Å². The van der Waals surface area contributed by atoms with Gasteiger partial charge in [-0.1, -0.05) is 6.08 Å². The zero-order valence-corrected chi connectivity index (χ0v) is 10.0. The van der Waals surface area contributed by atoms with E-state index in [2.05, 4.69) is 22.3 Å². The third kappa shape index (κ3) is 2.93. The lowest BCUT2D eigenvalue weighted by Gasteiger charge is -2.05. The highest BCUT2D eigenvalue weighted by Crippen LogP contribution is 2.17. The average molecular weight is 222 g/mol. The fourth-order valence-corrected chi connectivity index (χ4v) is 1.43. The van der Waals surface area contributed by atoms with Crippen LogP contribution in [0.15, 0.2) is 12.7 Å². The maximum absolute atomic E-state index is 11.6. The Labute approximate surface area is 95.5 Å². The highest BCUT2D eigenvalue weighted by Gasteiger charge is 2.11. The van der Waals surface area contributed by atoms with Crippen molar-refractivity contribution < 1.29 is 4.79 Å². The summed E-state index contributed by atoms with van der Waals surface area (Å²) in [6, 6.07) is 0. The van der Waals surface area contributed by atoms with E-state index in [1.807, 2.05) is 20.9 Å². The predicted molar refractivity (Wildman–Crippen MR) is 64.4 cm³/mol. The standard InChI is InChI=1S/C11H18N4O/c1-5-6-12-7-10(16)13-11-8(2)14-15(4)9(11)3/h5,12H,1,6-7H2,2-4H3,(H,13,16). The van der Waals surface area contributed by atoms with E-state index < -0.39 is 0 Å². The van der Waals surface area contributed by atoms with Crippen LogP contribution in [-0.4, -0.2) is 28.8 Å². The highest BCUT2D eigenvalue weighted by atomic mass is 16.1. The Morgan fingerprint density at radius 3 is 2.75 bits per heavy atom. The van der Waals surface area contributed by atoms with Gasteiger partial charge in [0.1, 0.15) is 0 Å². The normalized spacial score (nSPS) is 10.2. The summed E-state index contributed by atoms with van der Waals surface area (Å²) in [5.74, 6) is -0.0685. The molecule has 88 valence electrons. The van der Waals surface area contributed by atoms with Crippen molar-refractivity contribution in [1.82, 2.24) is 15.1 Å². The Kier molecular flexibility index (Phi) is 4.25. The number of aromatic nitrogens is 2. The average Bonchev–Trinajstić information content (AvgIpc) is 2.46. The van der Waals surface area contributed by atoms with Gasteiger partial charge in [0.15, 0.2) is 0 Å². The lowest BCUT2D eigenvalue weighted by Crippen LogP contribution is -2.28. The van der Waals surface area contributed by atoms with Gasteiger partial charge < -0.3 is 10.6 Å². The van der Waals surface area contributed by atoms with E-state index >= 15 is 0 Å². The number of rotatable bonds is 5. The van der Waals surface area contributed by atoms with E-state index in [4.69, 9.17) is 0 Å². The molecular formula is C11H18N4O. The molecule has 5 nitrogen and oxygen atoms in total. The number of aryl methyl sites for hydroxylation is 2. The van der Waals surface area contributed by atoms with Crippen LogP contribution in [0, 0.1) is 13.8 Å². The molecule has 2 N–H and O–H groups in total. The molecule has 0 saturated heterocycles. The van der Waals surface area contributed by atoms with Crippen molar-refractivity contribution in [2.75, 3.05) is 18.4 Å². The molecule has 1 rings (SSSR count). The first kappa shape index (κ1) is 12.4. The van der Waals surface area contributed by atoms with E-state index in [0.717, 1.165) is 17.1 Å². The van der Waals surface area contributed by atoms with Gasteiger partial charge in [0.05, 0.1) is 23.6 Å². The van der Waals surface area contributed by atoms with Gasteiger partial charge >= 0.3 is 0 Å². The van der Waals surface area contributed by atoms with Crippen LogP contribution in [0.3, 0.4) is 0 Å². The minimum Gasteiger partial charge on any atom is -0.322 e. The molecule has 1 heterocycles. The molecule has 16 heavy (non-hydrogen) atoms. The first-order valence-corrected chi connectivity index (χ1v) is 5.18. The quantitative estimate of drug-likeness (QED) is 0.571. The van der Waals surface area contributed by atoms with Crippen LogP contribution < -0.4 is 10.6 Å². The van der Waals surface area contributed by atoms with Crippen LogP contribution in [0.2, 0.25) is 0 Å². The molecule has 0 aliphatic carbocycles. The van der Waals surface area contributed by atoms with Crippen LogP contribution >= 0.6 is 0 Å². The number of hydrogen-bond donors (Lipinski definition) is 2. The maximum Gasteiger partial charge on any atom is 0.238 e. The molecule has 0 saturated carbocycles. The summed E-state index contributed by atoms with van der Waals surface area (Å²) < 4.78 is 1.75. The molecule has 0 fully saturated rings. The van der Waals surface area contributed by atoms with Crippen molar-refractivity contribution in [2.45, 2.75) is 13.8 Å². The van der Waals surface area contributed by atoms with Gasteiger partial charge in [0, 0.05) is 13.6 Å². The Morgan fingerprint density at radius 2 is 2.25 bits per heavy atom. The maximum atomic E-state index is 11.6. The summed E-state index contributed by atoms with van der Waals surface area (Å²) >= 11 is 0. The predicted octanol–water partition coefficient (Wildman–Crippen LogP) is 0.751. The van der Waals surface area contributed by atoms with Crippen molar-refractivity contribution in [3.63, 3.8) is 0 Å². The zero-order chi connectivity index (χ0) is 12.1. The molecule has 0 atom stereocenters. The summed E-state index contributed by atoms with van der Waals surface area (Å²) in [5, 5.41) is 10.0. The lowest BCUT2D eigenvalue weighted by atomic mass is 10.3. The van der Waals surface area contributed by atoms with Crippen LogP contribution in [0.25, 0.3) is 0 Å². The SMILES string of the molecule is C=CCNCC(=O)Nc1c(C)nn(C)c1C. The van der Waals surface area contributed by atoms with Gasteiger partial charge in [-0.05, 0) is 13.8 Å². The second-order valence-corrected chi connectivity index (χ2v) is 3.64. The van der Waals surface area contributed by atoms with Crippen molar-refractivity contribution in [3.05, 3.63) is 24.0 Å². The number of nitrogens with one attached hydrogen (secondary N) is 2. The van der Waals surface area contributed by atoms with Crippen molar-refractivity contribution in [2.24, 2.45) is 7.05 Å². The minimum atomic E-state index is -0.0685. The molecule has 0 aromatic carbocycles. The van der Waals surface area contributed by atoms with Crippen LogP contribution in [0.4, 0.5) is 5.69 Å². The Bertz CT molecular complexity index is 395. The van der Waals surface area contributed by atoms with Crippen molar-refractivity contribution >= 4 is 11.6 Å². The number of carbonyl (C=O) groups excluding carboxylic acids is 1. The molecule has 0 spiro atoms. The van der Waals surface area contributed by atoms with Gasteiger partial charge in [0.25, 0.3) is 0 Å². The van der Waals surface area contributed by atoms with Gasteiger partial charge in [0.2, 0.25) is 5.91 Å². The summed E-state index contributed by atoms with van der Waals surface area (Å²) in [7, 11) is 1.86. The third-order valence-corrected chi connectivity index (χ3v) is 2.35. The molecule has 0 aliphatic rings. The molecule has 0 aliphatic heterocycles. The monoisotopic (exact) mass is 222 g/mol. The van der Waals surface area contributed by atoms with Crippen LogP contribution in [0.1, 0.15) is 11.4 Å². The Hall–Kier alpha value is -1.62. The van der Waals surface area contributed by atoms with E-state index in [1.165, 1.54) is 0 Å². The zero-order valence-electron chi connectivity index (χ0n) is 10.0. The molecule has 0 unspecified atom stereocenters. The summed E-state index contributed by atoms with van der Waals surface area (Å²) in [6.45, 7) is 8.26. The molecule has 5 heteroatoms. The highest BCUT2D eigenvalue weighted by molar-refractivity contribution is 5.93. The molecular weight excluding hydrogens is 204 g/mol. The second-order valence-electron chi connectivity index (χ2n) is 3.64. The topological polar surface area (TPSA) is 59.0 Å². The summed E-state index contributed by atoms with van der Waals surface area (Å²) in [5.41, 5.74) is 2.58. The van der Waals surface area contributed by atoms with Crippen molar-refractivity contribution in [3.8, 4) is 0 Å². The smallest absolute Gasteiger partial charge is 0.238 e. The van der Waals surface area contributed by atoms with Gasteiger partial charge in [-0.2, -0.15) is 5.10 Å². The Balaban J connectivity index is 2.59. The largest absolute Gasteiger partial charge is 0.322 e. The molecule has 1 amide bonds. The van der Waals surface area contributed by atoms with E-state index in [1.54, 1.807) is 10.8 Å². The number of anilines is 1. The number of hydrogen-bond acceptors (Lipinski definition) is 3. The van der Waals surface area contributed by atoms with Crippen LogP contribution in [0.5, 0.6) is 0 Å². The van der Waals surface area contributed by atoms with Gasteiger partial charge in [-0.15, -0.1) is 6.58 Å². The molecule has 0 bridgehead atoms. The fourth-order valence-electron chi connectivity index (χ4n) is 1.43. The van der Waals surface area contributed by atoms with Gasteiger partial charge in [-0.25, -0.2) is 0 Å². The first-order valence-electron chi connectivity index (χ1n) is 5.18. The molecule has 1 aromatic heterocycles. The number of carbonyl (C=O) groups is 1. The molecule has 1 aromatic rings. The summed E-state index contributed by atoms with van der Waals surface area (Å²) in [4.78, 5) is 11.6. The van der Waals surface area contributed by atoms with E-state index in [-0.39, 0.29) is 12.5 Å². The van der Waals surface area contributed by atoms with Crippen LogP contribution in [-0.2, 0) is 11.8 Å². The first-order chi connectivity index (χ1) is 7.56. The van der Waals surface area contributed by atoms with Crippen molar-refractivity contribution in [1.29, 1.82) is 0 Å². The number of nitrogens with zero attached hydrogens (tertiary/aromatic N) is 2. The Morgan fingerprint density at radius 1 is 1.56 bits per heavy atom. The minimum absolute atomic E-state index is 0.0685. The van der Waals surface area contributed by atoms with E-state index in [9.17, 15) is 4.79 Å². The molecule has 0 radical (unpaired) electrons.